The van der Waals surface area contributed by atoms with Crippen molar-refractivity contribution in [3.63, 3.8) is 0 Å². The van der Waals surface area contributed by atoms with Gasteiger partial charge in [-0.05, 0) is 62.8 Å². The molecule has 196 valence electrons. The van der Waals surface area contributed by atoms with Gasteiger partial charge in [0.1, 0.15) is 28.7 Å². The van der Waals surface area contributed by atoms with Crippen molar-refractivity contribution in [1.82, 2.24) is 0 Å². The summed E-state index contributed by atoms with van der Waals surface area (Å²) in [6, 6.07) is 11.9. The van der Waals surface area contributed by atoms with Gasteiger partial charge < -0.3 is 14.2 Å². The molecule has 9 nitrogen and oxygen atoms in total. The molecule has 2 aliphatic rings. The van der Waals surface area contributed by atoms with Crippen molar-refractivity contribution >= 4 is 24.1 Å². The molecule has 0 amide bonds. The Balaban J connectivity index is 1.35. The molecule has 2 aromatic carbocycles. The summed E-state index contributed by atoms with van der Waals surface area (Å²) in [5.74, 6) is -2.75. The molecule has 0 bridgehead atoms. The van der Waals surface area contributed by atoms with Crippen LogP contribution in [0, 0.1) is 5.92 Å². The van der Waals surface area contributed by atoms with Crippen molar-refractivity contribution in [2.24, 2.45) is 5.92 Å². The zero-order valence-corrected chi connectivity index (χ0v) is 20.5. The van der Waals surface area contributed by atoms with E-state index in [0.717, 1.165) is 64.2 Å². The van der Waals surface area contributed by atoms with Gasteiger partial charge in [-0.3, -0.25) is 4.79 Å². The van der Waals surface area contributed by atoms with E-state index in [2.05, 4.69) is 0 Å². The summed E-state index contributed by atoms with van der Waals surface area (Å²) in [5.41, 5.74) is -0.201. The summed E-state index contributed by atoms with van der Waals surface area (Å²) >= 11 is 0. The van der Waals surface area contributed by atoms with Crippen molar-refractivity contribution in [1.29, 1.82) is 0 Å². The summed E-state index contributed by atoms with van der Waals surface area (Å²) in [4.78, 5) is 59.5. The van der Waals surface area contributed by atoms with Crippen molar-refractivity contribution in [2.45, 2.75) is 70.3 Å². The van der Waals surface area contributed by atoms with Crippen LogP contribution in [0.25, 0.3) is 0 Å². The summed E-state index contributed by atoms with van der Waals surface area (Å²) < 4.78 is 16.0. The molecule has 0 N–H and O–H groups in total. The lowest BCUT2D eigenvalue weighted by Gasteiger charge is -2.21. The minimum absolute atomic E-state index is 0.0216. The van der Waals surface area contributed by atoms with Crippen LogP contribution in [0.5, 0.6) is 11.5 Å². The second-order valence-corrected chi connectivity index (χ2v) is 9.22. The van der Waals surface area contributed by atoms with Crippen LogP contribution in [0.4, 0.5) is 4.79 Å². The molecule has 2 saturated carbocycles. The van der Waals surface area contributed by atoms with Crippen LogP contribution in [0.2, 0.25) is 0 Å². The number of esters is 1. The third-order valence-electron chi connectivity index (χ3n) is 6.56. The van der Waals surface area contributed by atoms with Gasteiger partial charge in [0.2, 0.25) is 0 Å². The van der Waals surface area contributed by atoms with E-state index in [1.165, 1.54) is 30.3 Å². The molecule has 2 fully saturated rings. The summed E-state index contributed by atoms with van der Waals surface area (Å²) in [5, 5.41) is 0. The average Bonchev–Trinajstić information content (AvgIpc) is 2.93. The van der Waals surface area contributed by atoms with Crippen LogP contribution in [0.3, 0.4) is 0 Å². The second kappa shape index (κ2) is 12.9. The molecule has 0 radical (unpaired) electrons. The zero-order valence-electron chi connectivity index (χ0n) is 20.5. The smallest absolute Gasteiger partial charge is 0.431 e. The Morgan fingerprint density at radius 2 is 1.08 bits per heavy atom. The third-order valence-corrected chi connectivity index (χ3v) is 6.56. The molecule has 0 atom stereocenters. The maximum Gasteiger partial charge on any atom is 0.514 e. The van der Waals surface area contributed by atoms with Gasteiger partial charge >= 0.3 is 24.1 Å². The largest absolute Gasteiger partial charge is 0.514 e. The minimum atomic E-state index is -1.05. The Labute approximate surface area is 214 Å². The highest BCUT2D eigenvalue weighted by Crippen LogP contribution is 2.28. The number of hydrogen-bond donors (Lipinski definition) is 0. The Morgan fingerprint density at radius 3 is 1.65 bits per heavy atom. The van der Waals surface area contributed by atoms with Gasteiger partial charge in [-0.25, -0.2) is 24.2 Å². The maximum atomic E-state index is 12.6. The monoisotopic (exact) mass is 510 g/mol. The molecule has 0 saturated heterocycles. The van der Waals surface area contributed by atoms with E-state index in [9.17, 15) is 19.2 Å². The predicted octanol–water partition coefficient (Wildman–Crippen LogP) is 5.95. The van der Waals surface area contributed by atoms with Crippen LogP contribution in [-0.2, 0) is 19.3 Å². The Morgan fingerprint density at radius 1 is 0.595 bits per heavy atom. The van der Waals surface area contributed by atoms with Crippen LogP contribution in [0.1, 0.15) is 84.9 Å². The predicted molar refractivity (Wildman–Crippen MR) is 130 cm³/mol. The highest BCUT2D eigenvalue weighted by atomic mass is 17.2. The lowest BCUT2D eigenvalue weighted by atomic mass is 9.89. The van der Waals surface area contributed by atoms with Gasteiger partial charge in [0.25, 0.3) is 0 Å². The Bertz CT molecular complexity index is 1110. The van der Waals surface area contributed by atoms with Gasteiger partial charge in [-0.15, -0.1) is 0 Å². The van der Waals surface area contributed by atoms with Crippen LogP contribution >= 0.6 is 0 Å². The highest BCUT2D eigenvalue weighted by molar-refractivity contribution is 5.96. The van der Waals surface area contributed by atoms with Gasteiger partial charge in [-0.2, -0.15) is 0 Å². The quantitative estimate of drug-likeness (QED) is 0.153. The standard InChI is InChI=1S/C28H30O9/c29-25(19-11-3-1-4-12-19)34-23-17-9-7-15-21(23)26(30)36-37-27(31)22-16-8-10-18-24(22)35-28(32)33-20-13-5-2-6-14-20/h7-10,15-20H,1-6,11-14H2. The van der Waals surface area contributed by atoms with E-state index in [1.54, 1.807) is 18.2 Å². The fourth-order valence-corrected chi connectivity index (χ4v) is 4.58. The molecule has 4 rings (SSSR count). The topological polar surface area (TPSA) is 114 Å². The molecule has 0 aliphatic heterocycles. The molecular weight excluding hydrogens is 480 g/mol. The molecule has 0 unspecified atom stereocenters. The normalized spacial score (nSPS) is 16.3. The number of rotatable bonds is 6. The van der Waals surface area contributed by atoms with E-state index in [1.807, 2.05) is 0 Å². The van der Waals surface area contributed by atoms with Crippen molar-refractivity contribution < 1.29 is 43.2 Å². The van der Waals surface area contributed by atoms with Gasteiger partial charge in [0, 0.05) is 0 Å². The van der Waals surface area contributed by atoms with Crippen LogP contribution in [0.15, 0.2) is 48.5 Å². The summed E-state index contributed by atoms with van der Waals surface area (Å²) in [6.07, 6.45) is 7.99. The first kappa shape index (κ1) is 26.2. The van der Waals surface area contributed by atoms with E-state index in [0.29, 0.717) is 0 Å². The van der Waals surface area contributed by atoms with E-state index >= 15 is 0 Å². The molecule has 2 aliphatic carbocycles. The Kier molecular flexibility index (Phi) is 9.13. The number of hydrogen-bond acceptors (Lipinski definition) is 9. The summed E-state index contributed by atoms with van der Waals surface area (Å²) in [6.45, 7) is 0. The van der Waals surface area contributed by atoms with Crippen LogP contribution < -0.4 is 9.47 Å². The van der Waals surface area contributed by atoms with E-state index < -0.39 is 24.1 Å². The van der Waals surface area contributed by atoms with Gasteiger partial charge in [0.15, 0.2) is 0 Å². The Hall–Kier alpha value is -3.88. The highest BCUT2D eigenvalue weighted by Gasteiger charge is 2.27. The van der Waals surface area contributed by atoms with Crippen LogP contribution in [-0.4, -0.2) is 30.2 Å². The average molecular weight is 511 g/mol. The number of carbonyl (C=O) groups is 4. The number of para-hydroxylation sites is 2. The van der Waals surface area contributed by atoms with Crippen molar-refractivity contribution in [3.8, 4) is 11.5 Å². The molecule has 0 aromatic heterocycles. The SMILES string of the molecule is O=C(Oc1ccccc1C(=O)OOC(=O)c1ccccc1OC(=O)C1CCCCC1)OC1CCCCC1. The molecule has 0 spiro atoms. The molecule has 37 heavy (non-hydrogen) atoms. The molecule has 2 aromatic rings. The zero-order chi connectivity index (χ0) is 26.0. The third kappa shape index (κ3) is 7.31. The van der Waals surface area contributed by atoms with Gasteiger partial charge in [-0.1, -0.05) is 49.9 Å². The molecule has 9 heteroatoms. The number of carbonyl (C=O) groups excluding carboxylic acids is 4. The molecule has 0 heterocycles. The first-order valence-electron chi connectivity index (χ1n) is 12.7. The van der Waals surface area contributed by atoms with E-state index in [-0.39, 0.29) is 34.6 Å². The minimum Gasteiger partial charge on any atom is -0.431 e. The first-order valence-corrected chi connectivity index (χ1v) is 12.7. The summed E-state index contributed by atoms with van der Waals surface area (Å²) in [7, 11) is 0. The molecular formula is C28H30O9. The fraction of sp³-hybridized carbons (Fsp3) is 0.429. The van der Waals surface area contributed by atoms with E-state index in [4.69, 9.17) is 24.0 Å². The lowest BCUT2D eigenvalue weighted by Crippen LogP contribution is -2.24. The number of benzene rings is 2. The first-order chi connectivity index (χ1) is 18.0. The van der Waals surface area contributed by atoms with Gasteiger partial charge in [0.05, 0.1) is 5.92 Å². The fourth-order valence-electron chi connectivity index (χ4n) is 4.58. The van der Waals surface area contributed by atoms with Crippen molar-refractivity contribution in [2.75, 3.05) is 0 Å². The maximum absolute atomic E-state index is 12.6. The number of ether oxygens (including phenoxy) is 3. The second-order valence-electron chi connectivity index (χ2n) is 9.22. The lowest BCUT2D eigenvalue weighted by molar-refractivity contribution is -0.187. The van der Waals surface area contributed by atoms with Crippen molar-refractivity contribution in [3.05, 3.63) is 59.7 Å².